The summed E-state index contributed by atoms with van der Waals surface area (Å²) in [5.41, 5.74) is 3.63. The molecule has 0 atom stereocenters. The summed E-state index contributed by atoms with van der Waals surface area (Å²) in [6.07, 6.45) is 2.31. The number of fused-ring (bicyclic) bond motifs is 1. The molecule has 7 heteroatoms. The third-order valence-corrected chi connectivity index (χ3v) is 4.48. The van der Waals surface area contributed by atoms with Gasteiger partial charge in [0.2, 0.25) is 5.91 Å². The van der Waals surface area contributed by atoms with Crippen LogP contribution in [0.15, 0.2) is 53.3 Å². The average Bonchev–Trinajstić information content (AvgIpc) is 2.72. The molecule has 0 spiro atoms. The van der Waals surface area contributed by atoms with E-state index in [1.54, 1.807) is 10.0 Å². The Bertz CT molecular complexity index is 1020. The number of hydroxylamine groups is 1. The van der Waals surface area contributed by atoms with E-state index in [-0.39, 0.29) is 12.0 Å². The minimum atomic E-state index is -0.433. The Balaban J connectivity index is 2.03. The van der Waals surface area contributed by atoms with E-state index in [0.717, 1.165) is 17.9 Å². The number of anilines is 1. The van der Waals surface area contributed by atoms with Gasteiger partial charge < -0.3 is 5.32 Å². The van der Waals surface area contributed by atoms with Crippen molar-refractivity contribution < 1.29 is 10.0 Å². The fraction of sp³-hybridized carbons (Fsp3) is 0.286. The SMILES string of the molecule is CCCc1nc2cccc(NCCCC(=O)NO)c2c(=O)n1-c1ccccc1. The van der Waals surface area contributed by atoms with Crippen molar-refractivity contribution in [1.29, 1.82) is 0 Å². The highest BCUT2D eigenvalue weighted by Crippen LogP contribution is 2.21. The molecule has 1 aromatic heterocycles. The summed E-state index contributed by atoms with van der Waals surface area (Å²) in [6.45, 7) is 2.56. The van der Waals surface area contributed by atoms with Gasteiger partial charge in [0.25, 0.3) is 5.56 Å². The maximum absolute atomic E-state index is 13.4. The van der Waals surface area contributed by atoms with Crippen LogP contribution in [0.25, 0.3) is 16.6 Å². The summed E-state index contributed by atoms with van der Waals surface area (Å²) < 4.78 is 1.68. The Morgan fingerprint density at radius 1 is 1.14 bits per heavy atom. The lowest BCUT2D eigenvalue weighted by Gasteiger charge is -2.15. The molecule has 3 rings (SSSR count). The molecule has 1 heterocycles. The molecule has 1 amide bonds. The van der Waals surface area contributed by atoms with Crippen LogP contribution in [-0.4, -0.2) is 27.2 Å². The molecule has 0 radical (unpaired) electrons. The first kappa shape index (κ1) is 19.6. The minimum Gasteiger partial charge on any atom is -0.384 e. The van der Waals surface area contributed by atoms with Crippen LogP contribution in [0.3, 0.4) is 0 Å². The lowest BCUT2D eigenvalue weighted by Crippen LogP contribution is -2.25. The number of carbonyl (C=O) groups excluding carboxylic acids is 1. The summed E-state index contributed by atoms with van der Waals surface area (Å²) in [7, 11) is 0. The second kappa shape index (κ2) is 9.14. The van der Waals surface area contributed by atoms with Crippen LogP contribution in [0.2, 0.25) is 0 Å². The van der Waals surface area contributed by atoms with Gasteiger partial charge in [0, 0.05) is 25.1 Å². The average molecular weight is 380 g/mol. The van der Waals surface area contributed by atoms with E-state index in [1.807, 2.05) is 48.5 Å². The van der Waals surface area contributed by atoms with Crippen molar-refractivity contribution in [3.8, 4) is 5.69 Å². The fourth-order valence-electron chi connectivity index (χ4n) is 3.19. The Kier molecular flexibility index (Phi) is 6.39. The third-order valence-electron chi connectivity index (χ3n) is 4.48. The topological polar surface area (TPSA) is 96.2 Å². The number of aryl methyl sites for hydroxylation is 1. The number of para-hydroxylation sites is 1. The van der Waals surface area contributed by atoms with Gasteiger partial charge in [-0.2, -0.15) is 0 Å². The van der Waals surface area contributed by atoms with Crippen LogP contribution in [0.1, 0.15) is 32.0 Å². The van der Waals surface area contributed by atoms with Gasteiger partial charge in [0.15, 0.2) is 0 Å². The third kappa shape index (κ3) is 4.20. The predicted octanol–water partition coefficient (Wildman–Crippen LogP) is 3.04. The van der Waals surface area contributed by atoms with Crippen molar-refractivity contribution in [2.24, 2.45) is 0 Å². The van der Waals surface area contributed by atoms with Crippen LogP contribution < -0.4 is 16.4 Å². The van der Waals surface area contributed by atoms with E-state index >= 15 is 0 Å². The van der Waals surface area contributed by atoms with E-state index in [9.17, 15) is 9.59 Å². The van der Waals surface area contributed by atoms with Gasteiger partial charge in [-0.05, 0) is 37.1 Å². The van der Waals surface area contributed by atoms with Crippen LogP contribution in [-0.2, 0) is 11.2 Å². The molecular weight excluding hydrogens is 356 g/mol. The number of nitrogens with zero attached hydrogens (tertiary/aromatic N) is 2. The van der Waals surface area contributed by atoms with Gasteiger partial charge in [-0.3, -0.25) is 19.4 Å². The molecule has 2 aromatic carbocycles. The first-order valence-electron chi connectivity index (χ1n) is 9.42. The molecule has 0 saturated carbocycles. The molecule has 146 valence electrons. The van der Waals surface area contributed by atoms with E-state index in [1.165, 1.54) is 0 Å². The summed E-state index contributed by atoms with van der Waals surface area (Å²) in [4.78, 5) is 29.3. The molecule has 28 heavy (non-hydrogen) atoms. The van der Waals surface area contributed by atoms with Gasteiger partial charge >= 0.3 is 0 Å². The molecule has 0 aliphatic heterocycles. The monoisotopic (exact) mass is 380 g/mol. The maximum atomic E-state index is 13.4. The van der Waals surface area contributed by atoms with Crippen molar-refractivity contribution in [3.05, 3.63) is 64.7 Å². The van der Waals surface area contributed by atoms with Crippen molar-refractivity contribution in [1.82, 2.24) is 15.0 Å². The molecule has 7 nitrogen and oxygen atoms in total. The quantitative estimate of drug-likeness (QED) is 0.317. The predicted molar refractivity (Wildman–Crippen MR) is 109 cm³/mol. The largest absolute Gasteiger partial charge is 0.384 e. The molecule has 0 saturated heterocycles. The highest BCUT2D eigenvalue weighted by atomic mass is 16.5. The Labute approximate surface area is 163 Å². The number of hydrogen-bond donors (Lipinski definition) is 3. The summed E-state index contributed by atoms with van der Waals surface area (Å²) in [6, 6.07) is 15.1. The summed E-state index contributed by atoms with van der Waals surface area (Å²) >= 11 is 0. The Hall–Kier alpha value is -3.19. The first-order chi connectivity index (χ1) is 13.7. The van der Waals surface area contributed by atoms with Crippen LogP contribution >= 0.6 is 0 Å². The molecule has 0 unspecified atom stereocenters. The van der Waals surface area contributed by atoms with E-state index in [0.29, 0.717) is 36.0 Å². The Morgan fingerprint density at radius 2 is 1.93 bits per heavy atom. The second-order valence-corrected chi connectivity index (χ2v) is 6.52. The second-order valence-electron chi connectivity index (χ2n) is 6.52. The standard InChI is InChI=1S/C21H24N4O3/c1-2-8-18-23-17-12-6-11-16(22-14-7-13-19(26)24-28)20(17)21(27)25(18)15-9-4-3-5-10-15/h3-6,9-12,22,28H,2,7-8,13-14H2,1H3,(H,24,26). The van der Waals surface area contributed by atoms with E-state index < -0.39 is 5.91 Å². The number of hydrogen-bond acceptors (Lipinski definition) is 5. The summed E-state index contributed by atoms with van der Waals surface area (Å²) in [5, 5.41) is 12.3. The summed E-state index contributed by atoms with van der Waals surface area (Å²) in [5.74, 6) is 0.306. The van der Waals surface area contributed by atoms with Gasteiger partial charge in [-0.25, -0.2) is 10.5 Å². The lowest BCUT2D eigenvalue weighted by molar-refractivity contribution is -0.129. The molecule has 0 aliphatic carbocycles. The van der Waals surface area contributed by atoms with Crippen LogP contribution in [0.5, 0.6) is 0 Å². The Morgan fingerprint density at radius 3 is 2.64 bits per heavy atom. The van der Waals surface area contributed by atoms with Gasteiger partial charge in [-0.15, -0.1) is 0 Å². The lowest BCUT2D eigenvalue weighted by atomic mass is 10.1. The number of benzene rings is 2. The molecule has 0 bridgehead atoms. The normalized spacial score (nSPS) is 10.8. The zero-order valence-corrected chi connectivity index (χ0v) is 15.8. The number of aromatic nitrogens is 2. The van der Waals surface area contributed by atoms with Crippen molar-refractivity contribution >= 4 is 22.5 Å². The maximum Gasteiger partial charge on any atom is 0.268 e. The highest BCUT2D eigenvalue weighted by molar-refractivity contribution is 5.91. The smallest absolute Gasteiger partial charge is 0.268 e. The number of amides is 1. The molecule has 0 fully saturated rings. The fourth-order valence-corrected chi connectivity index (χ4v) is 3.19. The minimum absolute atomic E-state index is 0.115. The molecular formula is C21H24N4O3. The molecule has 3 aromatic rings. The van der Waals surface area contributed by atoms with Crippen LogP contribution in [0, 0.1) is 0 Å². The van der Waals surface area contributed by atoms with Crippen molar-refractivity contribution in [2.45, 2.75) is 32.6 Å². The number of carbonyl (C=O) groups is 1. The van der Waals surface area contributed by atoms with Crippen molar-refractivity contribution in [2.75, 3.05) is 11.9 Å². The van der Waals surface area contributed by atoms with E-state index in [2.05, 4.69) is 12.2 Å². The molecule has 3 N–H and O–H groups in total. The van der Waals surface area contributed by atoms with Gasteiger partial charge in [0.1, 0.15) is 5.82 Å². The van der Waals surface area contributed by atoms with Crippen molar-refractivity contribution in [3.63, 3.8) is 0 Å². The zero-order valence-electron chi connectivity index (χ0n) is 15.8. The van der Waals surface area contributed by atoms with E-state index in [4.69, 9.17) is 10.2 Å². The van der Waals surface area contributed by atoms with Gasteiger partial charge in [0.05, 0.1) is 16.6 Å². The molecule has 0 aliphatic rings. The number of rotatable bonds is 8. The highest BCUT2D eigenvalue weighted by Gasteiger charge is 2.15. The first-order valence-corrected chi connectivity index (χ1v) is 9.42. The van der Waals surface area contributed by atoms with Gasteiger partial charge in [-0.1, -0.05) is 31.2 Å². The number of nitrogens with one attached hydrogen (secondary N) is 2. The van der Waals surface area contributed by atoms with Crippen LogP contribution in [0.4, 0.5) is 5.69 Å². The zero-order chi connectivity index (χ0) is 19.9.